The minimum Gasteiger partial charge on any atom is -0.381 e. The summed E-state index contributed by atoms with van der Waals surface area (Å²) < 4.78 is 25.2. The summed E-state index contributed by atoms with van der Waals surface area (Å²) in [7, 11) is -4.06. The highest BCUT2D eigenvalue weighted by Gasteiger charge is 2.16. The van der Waals surface area contributed by atoms with Crippen LogP contribution in [0.1, 0.15) is 17.0 Å². The Balaban J connectivity index is 1.79. The van der Waals surface area contributed by atoms with Gasteiger partial charge in [-0.3, -0.25) is 10.1 Å². The molecule has 1 heterocycles. The molecule has 10 heteroatoms. The third kappa shape index (κ3) is 4.72. The van der Waals surface area contributed by atoms with Gasteiger partial charge in [0, 0.05) is 43.3 Å². The van der Waals surface area contributed by atoms with Crippen molar-refractivity contribution in [2.75, 3.05) is 5.32 Å². The minimum atomic E-state index is -4.06. The van der Waals surface area contributed by atoms with Crippen LogP contribution in [0.5, 0.6) is 0 Å². The molecule has 3 aromatic rings. The molecule has 0 saturated heterocycles. The molecule has 28 heavy (non-hydrogen) atoms. The zero-order chi connectivity index (χ0) is 20.3. The second-order valence-corrected chi connectivity index (χ2v) is 7.85. The fourth-order valence-electron chi connectivity index (χ4n) is 2.76. The van der Waals surface area contributed by atoms with Crippen molar-refractivity contribution in [1.82, 2.24) is 9.55 Å². The van der Waals surface area contributed by atoms with E-state index in [1.807, 2.05) is 42.0 Å². The number of nitro groups is 1. The van der Waals surface area contributed by atoms with E-state index in [-0.39, 0.29) is 10.6 Å². The maximum atomic E-state index is 11.6. The van der Waals surface area contributed by atoms with Gasteiger partial charge in [0.15, 0.2) is 0 Å². The van der Waals surface area contributed by atoms with Gasteiger partial charge in [0.25, 0.3) is 5.69 Å². The lowest BCUT2D eigenvalue weighted by atomic mass is 10.1. The smallest absolute Gasteiger partial charge is 0.272 e. The lowest BCUT2D eigenvalue weighted by Crippen LogP contribution is -2.13. The molecule has 0 amide bonds. The van der Waals surface area contributed by atoms with Gasteiger partial charge < -0.3 is 9.88 Å². The molecule has 2 aromatic carbocycles. The number of nitrogens with zero attached hydrogens (tertiary/aromatic N) is 3. The van der Waals surface area contributed by atoms with Gasteiger partial charge in [0.1, 0.15) is 5.82 Å². The lowest BCUT2D eigenvalue weighted by Gasteiger charge is -2.10. The monoisotopic (exact) mass is 401 g/mol. The molecule has 1 aromatic heterocycles. The largest absolute Gasteiger partial charge is 0.381 e. The molecule has 0 aliphatic heterocycles. The van der Waals surface area contributed by atoms with Gasteiger partial charge in [-0.05, 0) is 24.1 Å². The van der Waals surface area contributed by atoms with Crippen LogP contribution in [0.2, 0.25) is 0 Å². The predicted octanol–water partition coefficient (Wildman–Crippen LogP) is 2.41. The fourth-order valence-corrected chi connectivity index (χ4v) is 3.34. The number of aromatic nitrogens is 2. The summed E-state index contributed by atoms with van der Waals surface area (Å²) in [6.07, 6.45) is 3.64. The summed E-state index contributed by atoms with van der Waals surface area (Å²) in [6.45, 7) is 2.96. The van der Waals surface area contributed by atoms with Crippen LogP contribution in [-0.4, -0.2) is 22.9 Å². The molecule has 0 atom stereocenters. The van der Waals surface area contributed by atoms with Crippen molar-refractivity contribution in [2.24, 2.45) is 5.14 Å². The number of nitrogens with one attached hydrogen (secondary N) is 1. The SMILES string of the molecule is Cc1nccn1Cc1cccc(CNc2cc([N+](=O)[O-])cc(S(N)(=O)=O)c2)c1. The number of hydrogen-bond donors (Lipinski definition) is 2. The van der Waals surface area contributed by atoms with Crippen molar-refractivity contribution in [3.63, 3.8) is 0 Å². The predicted molar refractivity (Wildman–Crippen MR) is 104 cm³/mol. The maximum absolute atomic E-state index is 11.6. The van der Waals surface area contributed by atoms with Gasteiger partial charge >= 0.3 is 0 Å². The molecule has 0 bridgehead atoms. The van der Waals surface area contributed by atoms with Crippen molar-refractivity contribution in [3.8, 4) is 0 Å². The third-order valence-corrected chi connectivity index (χ3v) is 5.09. The van der Waals surface area contributed by atoms with Crippen molar-refractivity contribution in [1.29, 1.82) is 0 Å². The first-order valence-electron chi connectivity index (χ1n) is 8.34. The molecule has 0 fully saturated rings. The van der Waals surface area contributed by atoms with Crippen molar-refractivity contribution in [3.05, 3.63) is 81.9 Å². The van der Waals surface area contributed by atoms with E-state index in [1.54, 1.807) is 6.20 Å². The second-order valence-electron chi connectivity index (χ2n) is 6.29. The molecule has 0 aliphatic carbocycles. The molecule has 9 nitrogen and oxygen atoms in total. The third-order valence-electron chi connectivity index (χ3n) is 4.20. The van der Waals surface area contributed by atoms with Gasteiger partial charge in [-0.15, -0.1) is 0 Å². The summed E-state index contributed by atoms with van der Waals surface area (Å²) in [5.41, 5.74) is 1.97. The van der Waals surface area contributed by atoms with E-state index >= 15 is 0 Å². The van der Waals surface area contributed by atoms with Gasteiger partial charge in [-0.2, -0.15) is 0 Å². The van der Waals surface area contributed by atoms with Crippen molar-refractivity contribution < 1.29 is 13.3 Å². The van der Waals surface area contributed by atoms with Crippen LogP contribution in [0.15, 0.2) is 59.8 Å². The van der Waals surface area contributed by atoms with Crippen LogP contribution in [0, 0.1) is 17.0 Å². The number of sulfonamides is 1. The van der Waals surface area contributed by atoms with Crippen LogP contribution in [0.3, 0.4) is 0 Å². The van der Waals surface area contributed by atoms with Crippen molar-refractivity contribution >= 4 is 21.4 Å². The highest BCUT2D eigenvalue weighted by atomic mass is 32.2. The number of nitrogens with two attached hydrogens (primary N) is 1. The quantitative estimate of drug-likeness (QED) is 0.461. The second kappa shape index (κ2) is 7.79. The average molecular weight is 401 g/mol. The van der Waals surface area contributed by atoms with Crippen molar-refractivity contribution in [2.45, 2.75) is 24.9 Å². The van der Waals surface area contributed by atoms with Crippen LogP contribution in [-0.2, 0) is 23.1 Å². The first-order chi connectivity index (χ1) is 13.2. The number of primary sulfonamides is 1. The molecular weight excluding hydrogens is 382 g/mol. The van der Waals surface area contributed by atoms with E-state index in [4.69, 9.17) is 5.14 Å². The van der Waals surface area contributed by atoms with E-state index in [2.05, 4.69) is 10.3 Å². The Kier molecular flexibility index (Phi) is 5.43. The zero-order valence-corrected chi connectivity index (χ0v) is 15.9. The number of benzene rings is 2. The number of nitro benzene ring substituents is 1. The first kappa shape index (κ1) is 19.5. The Bertz CT molecular complexity index is 1120. The number of anilines is 1. The molecule has 0 aliphatic rings. The summed E-state index contributed by atoms with van der Waals surface area (Å²) in [4.78, 5) is 14.3. The number of non-ortho nitro benzene ring substituents is 1. The first-order valence-corrected chi connectivity index (χ1v) is 9.89. The number of rotatable bonds is 7. The summed E-state index contributed by atoms with van der Waals surface area (Å²) >= 11 is 0. The van der Waals surface area contributed by atoms with Gasteiger partial charge in [0.05, 0.1) is 9.82 Å². The molecule has 3 rings (SSSR count). The molecule has 0 radical (unpaired) electrons. The molecule has 0 unspecified atom stereocenters. The molecule has 0 saturated carbocycles. The van der Waals surface area contributed by atoms with E-state index in [0.717, 1.165) is 23.0 Å². The Morgan fingerprint density at radius 3 is 2.61 bits per heavy atom. The summed E-state index contributed by atoms with van der Waals surface area (Å²) in [6, 6.07) is 11.3. The molecule has 3 N–H and O–H groups in total. The minimum absolute atomic E-state index is 0.300. The van der Waals surface area contributed by atoms with Crippen LogP contribution in [0.4, 0.5) is 11.4 Å². The standard InChI is InChI=1S/C18H19N5O4S/c1-13-20-5-6-22(13)12-15-4-2-3-14(7-15)11-21-16-8-17(23(24)25)10-18(9-16)28(19,26)27/h2-10,21H,11-12H2,1H3,(H2,19,26,27). The molecule has 146 valence electrons. The average Bonchev–Trinajstić information content (AvgIpc) is 3.04. The maximum Gasteiger partial charge on any atom is 0.272 e. The highest BCUT2D eigenvalue weighted by molar-refractivity contribution is 7.89. The summed E-state index contributed by atoms with van der Waals surface area (Å²) in [5.74, 6) is 0.913. The van der Waals surface area contributed by atoms with Gasteiger partial charge in [-0.1, -0.05) is 24.3 Å². The van der Waals surface area contributed by atoms with Crippen LogP contribution in [0.25, 0.3) is 0 Å². The Labute approximate surface area is 162 Å². The topological polar surface area (TPSA) is 133 Å². The van der Waals surface area contributed by atoms with Crippen LogP contribution < -0.4 is 10.5 Å². The Morgan fingerprint density at radius 1 is 1.21 bits per heavy atom. The lowest BCUT2D eigenvalue weighted by molar-refractivity contribution is -0.385. The van der Waals surface area contributed by atoms with Crippen LogP contribution >= 0.6 is 0 Å². The normalized spacial score (nSPS) is 11.4. The number of aryl methyl sites for hydroxylation is 1. The van der Waals surface area contributed by atoms with Gasteiger partial charge in [0.2, 0.25) is 10.0 Å². The Hall–Kier alpha value is -3.24. The number of imidazole rings is 1. The Morgan fingerprint density at radius 2 is 1.96 bits per heavy atom. The zero-order valence-electron chi connectivity index (χ0n) is 15.1. The van der Waals surface area contributed by atoms with Gasteiger partial charge in [-0.25, -0.2) is 18.5 Å². The summed E-state index contributed by atoms with van der Waals surface area (Å²) in [5, 5.41) is 19.2. The number of hydrogen-bond acceptors (Lipinski definition) is 6. The van der Waals surface area contributed by atoms with E-state index in [1.165, 1.54) is 12.1 Å². The van der Waals surface area contributed by atoms with E-state index < -0.39 is 14.9 Å². The highest BCUT2D eigenvalue weighted by Crippen LogP contribution is 2.24. The molecule has 0 spiro atoms. The fraction of sp³-hybridized carbons (Fsp3) is 0.167. The van der Waals surface area contributed by atoms with E-state index in [0.29, 0.717) is 18.8 Å². The van der Waals surface area contributed by atoms with E-state index in [9.17, 15) is 18.5 Å². The molecular formula is C18H19N5O4S.